The molecule has 2 rings (SSSR count). The van der Waals surface area contributed by atoms with Crippen molar-refractivity contribution >= 4 is 0 Å². The normalized spacial score (nSPS) is 12.1. The number of rotatable bonds is 8. The Morgan fingerprint density at radius 3 is 2.57 bits per heavy atom. The molecule has 1 atom stereocenters. The molecule has 112 valence electrons. The van der Waals surface area contributed by atoms with Crippen molar-refractivity contribution in [3.63, 3.8) is 0 Å². The number of pyridine rings is 1. The molecule has 0 fully saturated rings. The molecule has 5 heteroatoms. The minimum atomic E-state index is -0.604. The zero-order valence-corrected chi connectivity index (χ0v) is 11.7. The fraction of sp³-hybridized carbons (Fsp3) is 0.312. The number of ether oxygens (including phenoxy) is 1. The van der Waals surface area contributed by atoms with E-state index < -0.39 is 6.10 Å². The molecule has 0 saturated heterocycles. The van der Waals surface area contributed by atoms with Crippen molar-refractivity contribution in [3.05, 3.63) is 60.2 Å². The first-order valence-corrected chi connectivity index (χ1v) is 6.90. The van der Waals surface area contributed by atoms with Gasteiger partial charge in [0.05, 0.1) is 0 Å². The van der Waals surface area contributed by atoms with Crippen molar-refractivity contribution in [1.29, 1.82) is 0 Å². The smallest absolute Gasteiger partial charge is 0.123 e. The summed E-state index contributed by atoms with van der Waals surface area (Å²) < 4.78 is 18.1. The van der Waals surface area contributed by atoms with Crippen LogP contribution in [0.1, 0.15) is 5.56 Å². The van der Waals surface area contributed by atoms with E-state index in [0.29, 0.717) is 12.3 Å². The summed E-state index contributed by atoms with van der Waals surface area (Å²) in [6, 6.07) is 9.67. The molecule has 0 bridgehead atoms. The van der Waals surface area contributed by atoms with Crippen molar-refractivity contribution in [2.24, 2.45) is 0 Å². The maximum Gasteiger partial charge on any atom is 0.123 e. The Morgan fingerprint density at radius 2 is 1.86 bits per heavy atom. The van der Waals surface area contributed by atoms with Crippen LogP contribution in [0.15, 0.2) is 48.8 Å². The second-order valence-electron chi connectivity index (χ2n) is 4.73. The van der Waals surface area contributed by atoms with Gasteiger partial charge in [-0.1, -0.05) is 0 Å². The summed E-state index contributed by atoms with van der Waals surface area (Å²) in [5.41, 5.74) is 1.20. The highest BCUT2D eigenvalue weighted by atomic mass is 19.1. The van der Waals surface area contributed by atoms with Gasteiger partial charge in [-0.25, -0.2) is 4.39 Å². The lowest BCUT2D eigenvalue weighted by Crippen LogP contribution is -2.32. The highest BCUT2D eigenvalue weighted by Gasteiger charge is 2.05. The standard InChI is InChI=1S/C16H19FN2O2/c17-14-1-3-16(4-2-14)21-12-15(20)11-19-10-7-13-5-8-18-9-6-13/h1-6,8-9,15,19-20H,7,10-12H2. The van der Waals surface area contributed by atoms with Gasteiger partial charge in [-0.2, -0.15) is 0 Å². The summed E-state index contributed by atoms with van der Waals surface area (Å²) in [7, 11) is 0. The molecular formula is C16H19FN2O2. The predicted molar refractivity (Wildman–Crippen MR) is 78.7 cm³/mol. The third kappa shape index (κ3) is 5.89. The molecule has 0 amide bonds. The van der Waals surface area contributed by atoms with Crippen LogP contribution < -0.4 is 10.1 Å². The van der Waals surface area contributed by atoms with Crippen LogP contribution in [-0.4, -0.2) is 35.9 Å². The van der Waals surface area contributed by atoms with E-state index in [-0.39, 0.29) is 12.4 Å². The Labute approximate surface area is 123 Å². The van der Waals surface area contributed by atoms with Gasteiger partial charge >= 0.3 is 0 Å². The quantitative estimate of drug-likeness (QED) is 0.728. The number of hydrogen-bond acceptors (Lipinski definition) is 4. The maximum atomic E-state index is 12.7. The van der Waals surface area contributed by atoms with Gasteiger partial charge in [0.25, 0.3) is 0 Å². The number of aliphatic hydroxyl groups is 1. The molecule has 21 heavy (non-hydrogen) atoms. The Morgan fingerprint density at radius 1 is 1.14 bits per heavy atom. The number of hydrogen-bond donors (Lipinski definition) is 2. The van der Waals surface area contributed by atoms with Gasteiger partial charge in [-0.3, -0.25) is 4.98 Å². The summed E-state index contributed by atoms with van der Waals surface area (Å²) in [4.78, 5) is 3.96. The zero-order chi connectivity index (χ0) is 14.9. The number of nitrogens with zero attached hydrogens (tertiary/aromatic N) is 1. The van der Waals surface area contributed by atoms with E-state index in [1.165, 1.54) is 17.7 Å². The number of nitrogens with one attached hydrogen (secondary N) is 1. The van der Waals surface area contributed by atoms with Gasteiger partial charge in [-0.15, -0.1) is 0 Å². The summed E-state index contributed by atoms with van der Waals surface area (Å²) in [5.74, 6) is 0.243. The molecule has 0 aliphatic heterocycles. The summed E-state index contributed by atoms with van der Waals surface area (Å²) >= 11 is 0. The maximum absolute atomic E-state index is 12.7. The lowest BCUT2D eigenvalue weighted by atomic mass is 10.2. The monoisotopic (exact) mass is 290 g/mol. The Kier molecular flexibility index (Phi) is 6.12. The molecule has 2 N–H and O–H groups in total. The van der Waals surface area contributed by atoms with Gasteiger partial charge in [-0.05, 0) is 54.9 Å². The van der Waals surface area contributed by atoms with Gasteiger partial charge < -0.3 is 15.2 Å². The molecule has 0 radical (unpaired) electrons. The molecular weight excluding hydrogens is 271 g/mol. The topological polar surface area (TPSA) is 54.4 Å². The van der Waals surface area contributed by atoms with Gasteiger partial charge in [0.1, 0.15) is 24.3 Å². The zero-order valence-electron chi connectivity index (χ0n) is 11.7. The van der Waals surface area contributed by atoms with Gasteiger partial charge in [0.2, 0.25) is 0 Å². The summed E-state index contributed by atoms with van der Waals surface area (Å²) in [5, 5.41) is 13.0. The first-order valence-electron chi connectivity index (χ1n) is 6.90. The molecule has 2 aromatic rings. The van der Waals surface area contributed by atoms with E-state index >= 15 is 0 Å². The SMILES string of the molecule is OC(CNCCc1ccncc1)COc1ccc(F)cc1. The fourth-order valence-electron chi connectivity index (χ4n) is 1.83. The summed E-state index contributed by atoms with van der Waals surface area (Å²) in [6.07, 6.45) is 3.81. The first-order chi connectivity index (χ1) is 10.2. The van der Waals surface area contributed by atoms with E-state index in [9.17, 15) is 9.50 Å². The van der Waals surface area contributed by atoms with Crippen LogP contribution in [-0.2, 0) is 6.42 Å². The highest BCUT2D eigenvalue weighted by molar-refractivity contribution is 5.22. The van der Waals surface area contributed by atoms with Crippen molar-refractivity contribution < 1.29 is 14.2 Å². The van der Waals surface area contributed by atoms with Crippen molar-refractivity contribution in [2.45, 2.75) is 12.5 Å². The van der Waals surface area contributed by atoms with Crippen LogP contribution in [0.2, 0.25) is 0 Å². The largest absolute Gasteiger partial charge is 0.491 e. The molecule has 1 heterocycles. The molecule has 4 nitrogen and oxygen atoms in total. The molecule has 0 spiro atoms. The number of benzene rings is 1. The number of halogens is 1. The molecule has 1 aromatic carbocycles. The van der Waals surface area contributed by atoms with E-state index in [0.717, 1.165) is 13.0 Å². The average molecular weight is 290 g/mol. The molecule has 0 aliphatic rings. The Bertz CT molecular complexity index is 520. The second-order valence-corrected chi connectivity index (χ2v) is 4.73. The molecule has 1 unspecified atom stereocenters. The van der Waals surface area contributed by atoms with Crippen LogP contribution >= 0.6 is 0 Å². The van der Waals surface area contributed by atoms with E-state index in [1.54, 1.807) is 24.5 Å². The number of aromatic nitrogens is 1. The van der Waals surface area contributed by atoms with Crippen LogP contribution in [0.4, 0.5) is 4.39 Å². The molecule has 0 aliphatic carbocycles. The van der Waals surface area contributed by atoms with Crippen molar-refractivity contribution in [3.8, 4) is 5.75 Å². The molecule has 0 saturated carbocycles. The molecule has 1 aromatic heterocycles. The van der Waals surface area contributed by atoms with Gasteiger partial charge in [0.15, 0.2) is 0 Å². The van der Waals surface area contributed by atoms with E-state index in [2.05, 4.69) is 10.3 Å². The van der Waals surface area contributed by atoms with E-state index in [4.69, 9.17) is 4.74 Å². The summed E-state index contributed by atoms with van der Waals surface area (Å²) in [6.45, 7) is 1.40. The minimum absolute atomic E-state index is 0.174. The second kappa shape index (κ2) is 8.34. The third-order valence-electron chi connectivity index (χ3n) is 2.98. The van der Waals surface area contributed by atoms with Crippen LogP contribution in [0, 0.1) is 5.82 Å². The number of aliphatic hydroxyl groups excluding tert-OH is 1. The lowest BCUT2D eigenvalue weighted by molar-refractivity contribution is 0.106. The van der Waals surface area contributed by atoms with E-state index in [1.807, 2.05) is 12.1 Å². The fourth-order valence-corrected chi connectivity index (χ4v) is 1.83. The van der Waals surface area contributed by atoms with Crippen LogP contribution in [0.25, 0.3) is 0 Å². The van der Waals surface area contributed by atoms with Crippen molar-refractivity contribution in [1.82, 2.24) is 10.3 Å². The first kappa shape index (κ1) is 15.4. The Hall–Kier alpha value is -1.98. The third-order valence-corrected chi connectivity index (χ3v) is 2.98. The predicted octanol–water partition coefficient (Wildman–Crippen LogP) is 1.79. The lowest BCUT2D eigenvalue weighted by Gasteiger charge is -2.13. The highest BCUT2D eigenvalue weighted by Crippen LogP contribution is 2.11. The van der Waals surface area contributed by atoms with Crippen LogP contribution in [0.5, 0.6) is 5.75 Å². The average Bonchev–Trinajstić information content (AvgIpc) is 2.52. The Balaban J connectivity index is 1.59. The van der Waals surface area contributed by atoms with Crippen LogP contribution in [0.3, 0.4) is 0 Å². The van der Waals surface area contributed by atoms with Gasteiger partial charge in [0, 0.05) is 18.9 Å². The van der Waals surface area contributed by atoms with Crippen molar-refractivity contribution in [2.75, 3.05) is 19.7 Å². The minimum Gasteiger partial charge on any atom is -0.491 e.